The van der Waals surface area contributed by atoms with E-state index in [2.05, 4.69) is 0 Å². The van der Waals surface area contributed by atoms with E-state index in [1.165, 1.54) is 0 Å². The number of carbonyl (C=O) groups excluding carboxylic acids is 1. The molecule has 2 fully saturated rings. The number of amides is 2. The number of nitrogens with one attached hydrogen (secondary N) is 1. The Morgan fingerprint density at radius 1 is 0.833 bits per heavy atom. The number of hydrogen-bond donors (Lipinski definition) is 5. The third kappa shape index (κ3) is 7.99. The number of benzene rings is 5. The molecule has 11 nitrogen and oxygen atoms in total. The number of nitrogens with two attached hydrogens (primary N) is 2. The predicted molar refractivity (Wildman–Crippen MR) is 208 cm³/mol. The SMILES string of the molecule is N=C(N)c1cc(CN2C(=O)N(Cc3cccc(OCP(=O)(O)Oc4ccccc4)c3)C3(CC3c3ccccc3)[C@H](O)C[C@H]2Cc2ccccc2)ccc1N. The molecule has 3 unspecified atom stereocenters. The normalized spacial score (nSPS) is 22.0. The largest absolute Gasteiger partial charge is 0.480 e. The summed E-state index contributed by atoms with van der Waals surface area (Å²) in [5.41, 5.74) is 15.4. The lowest BCUT2D eigenvalue weighted by Crippen LogP contribution is -2.51. The van der Waals surface area contributed by atoms with Crippen molar-refractivity contribution in [1.29, 1.82) is 5.41 Å². The van der Waals surface area contributed by atoms with Gasteiger partial charge in [-0.05, 0) is 77.9 Å². The first-order valence-electron chi connectivity index (χ1n) is 17.9. The lowest BCUT2D eigenvalue weighted by atomic mass is 9.92. The summed E-state index contributed by atoms with van der Waals surface area (Å²) in [6.45, 7) is 0.339. The summed E-state index contributed by atoms with van der Waals surface area (Å²) in [5.74, 6) is 0.324. The van der Waals surface area contributed by atoms with Crippen LogP contribution in [0.15, 0.2) is 133 Å². The molecule has 12 heteroatoms. The van der Waals surface area contributed by atoms with Gasteiger partial charge in [-0.15, -0.1) is 0 Å². The van der Waals surface area contributed by atoms with Crippen LogP contribution in [0.1, 0.15) is 46.6 Å². The molecule has 5 aromatic rings. The number of para-hydroxylation sites is 1. The number of nitrogen functional groups attached to an aromatic ring is 2. The van der Waals surface area contributed by atoms with Gasteiger partial charge in [-0.3, -0.25) is 5.41 Å². The van der Waals surface area contributed by atoms with Crippen molar-refractivity contribution in [3.05, 3.63) is 161 Å². The van der Waals surface area contributed by atoms with E-state index in [1.54, 1.807) is 65.6 Å². The van der Waals surface area contributed by atoms with E-state index in [9.17, 15) is 14.6 Å². The minimum absolute atomic E-state index is 0.106. The number of aliphatic hydroxyl groups excluding tert-OH is 1. The average molecular weight is 746 g/mol. The third-order valence-electron chi connectivity index (χ3n) is 10.4. The van der Waals surface area contributed by atoms with Crippen molar-refractivity contribution in [1.82, 2.24) is 9.80 Å². The summed E-state index contributed by atoms with van der Waals surface area (Å²) >= 11 is 0. The molecule has 54 heavy (non-hydrogen) atoms. The Kier molecular flexibility index (Phi) is 10.5. The number of carbonyl (C=O) groups is 1. The van der Waals surface area contributed by atoms with Crippen molar-refractivity contribution in [2.24, 2.45) is 5.73 Å². The van der Waals surface area contributed by atoms with Crippen LogP contribution >= 0.6 is 7.60 Å². The van der Waals surface area contributed by atoms with Gasteiger partial charge in [0.2, 0.25) is 0 Å². The fraction of sp³-hybridized carbons (Fsp3) is 0.238. The summed E-state index contributed by atoms with van der Waals surface area (Å²) in [5, 5.41) is 20.4. The number of nitrogens with zero attached hydrogens (tertiary/aromatic N) is 2. The van der Waals surface area contributed by atoms with E-state index in [0.29, 0.717) is 36.3 Å². The van der Waals surface area contributed by atoms with Crippen LogP contribution in [0.4, 0.5) is 10.5 Å². The van der Waals surface area contributed by atoms with Crippen LogP contribution in [0.2, 0.25) is 0 Å². The molecule has 1 saturated carbocycles. The van der Waals surface area contributed by atoms with Gasteiger partial charge in [-0.2, -0.15) is 0 Å². The highest BCUT2D eigenvalue weighted by atomic mass is 31.2. The van der Waals surface area contributed by atoms with Gasteiger partial charge >= 0.3 is 13.6 Å². The lowest BCUT2D eigenvalue weighted by molar-refractivity contribution is 0.0473. The minimum Gasteiger partial charge on any atom is -0.480 e. The molecule has 1 heterocycles. The van der Waals surface area contributed by atoms with Gasteiger partial charge in [-0.25, -0.2) is 9.36 Å². The molecular formula is C42H44N5O6P. The topological polar surface area (TPSA) is 175 Å². The van der Waals surface area contributed by atoms with E-state index in [0.717, 1.165) is 22.3 Å². The maximum atomic E-state index is 15.3. The number of amidine groups is 1. The Labute approximate surface area is 314 Å². The number of hydrogen-bond acceptors (Lipinski definition) is 7. The van der Waals surface area contributed by atoms with Crippen LogP contribution in [0.25, 0.3) is 0 Å². The Morgan fingerprint density at radius 2 is 1.46 bits per heavy atom. The van der Waals surface area contributed by atoms with Crippen LogP contribution in [0.3, 0.4) is 0 Å². The summed E-state index contributed by atoms with van der Waals surface area (Å²) in [4.78, 5) is 29.4. The molecule has 2 aliphatic rings. The van der Waals surface area contributed by atoms with Crippen molar-refractivity contribution >= 4 is 25.1 Å². The van der Waals surface area contributed by atoms with E-state index >= 15 is 4.79 Å². The van der Waals surface area contributed by atoms with Crippen molar-refractivity contribution in [2.45, 2.75) is 56.0 Å². The van der Waals surface area contributed by atoms with Crippen molar-refractivity contribution in [3.63, 3.8) is 0 Å². The standard InChI is InChI=1S/C42H44N5O6P/c43-38-20-19-31(23-36(38)40(44)45)26-46-33(21-29-11-4-1-5-12-29)24-39(48)42(25-37(42)32-14-6-2-7-15-32)47(41(46)49)27-30-13-10-18-35(22-30)52-28-54(50,51)53-34-16-8-3-9-17-34/h1-20,22-23,33,37,39,48H,21,24-28,43H2,(H3,44,45)(H,50,51)/t33-,37?,39-,42?/m1/s1. The highest BCUT2D eigenvalue weighted by Gasteiger charge is 2.66. The molecule has 1 aliphatic heterocycles. The molecule has 5 aromatic carbocycles. The molecule has 0 aromatic heterocycles. The first-order chi connectivity index (χ1) is 26.0. The Hall–Kier alpha value is -5.61. The van der Waals surface area contributed by atoms with Gasteiger partial charge in [0.05, 0.1) is 11.6 Å². The number of aliphatic hydroxyl groups is 1. The quantitative estimate of drug-likeness (QED) is 0.0375. The second-order valence-electron chi connectivity index (χ2n) is 14.0. The monoisotopic (exact) mass is 745 g/mol. The molecule has 0 radical (unpaired) electrons. The van der Waals surface area contributed by atoms with Gasteiger partial charge in [0.25, 0.3) is 0 Å². The first kappa shape index (κ1) is 36.7. The van der Waals surface area contributed by atoms with E-state index in [4.69, 9.17) is 26.1 Å². The summed E-state index contributed by atoms with van der Waals surface area (Å²) in [6, 6.07) is 40.0. The Bertz CT molecular complexity index is 2160. The number of anilines is 1. The van der Waals surface area contributed by atoms with Crippen LogP contribution in [0.5, 0.6) is 11.5 Å². The Balaban J connectivity index is 1.23. The fourth-order valence-corrected chi connectivity index (χ4v) is 8.47. The molecule has 5 atom stereocenters. The Morgan fingerprint density at radius 3 is 2.17 bits per heavy atom. The number of urea groups is 1. The van der Waals surface area contributed by atoms with Crippen molar-refractivity contribution < 1.29 is 28.6 Å². The van der Waals surface area contributed by atoms with Gasteiger partial charge < -0.3 is 40.5 Å². The molecule has 1 spiro atoms. The third-order valence-corrected chi connectivity index (χ3v) is 11.3. The van der Waals surface area contributed by atoms with Gasteiger partial charge in [-0.1, -0.05) is 97.1 Å². The summed E-state index contributed by atoms with van der Waals surface area (Å²) in [7, 11) is -4.15. The maximum Gasteiger partial charge on any atom is 0.413 e. The van der Waals surface area contributed by atoms with Gasteiger partial charge in [0.1, 0.15) is 17.3 Å². The minimum atomic E-state index is -4.15. The zero-order chi connectivity index (χ0) is 37.9. The van der Waals surface area contributed by atoms with E-state index in [-0.39, 0.29) is 42.7 Å². The summed E-state index contributed by atoms with van der Waals surface area (Å²) < 4.78 is 24.0. The van der Waals surface area contributed by atoms with Crippen LogP contribution < -0.4 is 20.7 Å². The van der Waals surface area contributed by atoms with Crippen LogP contribution in [-0.2, 0) is 24.1 Å². The average Bonchev–Trinajstić information content (AvgIpc) is 3.94. The second kappa shape index (κ2) is 15.4. The van der Waals surface area contributed by atoms with Crippen molar-refractivity contribution in [2.75, 3.05) is 12.1 Å². The highest BCUT2D eigenvalue weighted by Crippen LogP contribution is 2.60. The molecule has 7 rings (SSSR count). The highest BCUT2D eigenvalue weighted by molar-refractivity contribution is 7.53. The predicted octanol–water partition coefficient (Wildman–Crippen LogP) is 6.88. The molecule has 278 valence electrons. The van der Waals surface area contributed by atoms with Crippen LogP contribution in [-0.4, -0.2) is 55.7 Å². The second-order valence-corrected chi connectivity index (χ2v) is 15.8. The van der Waals surface area contributed by atoms with Gasteiger partial charge in [0, 0.05) is 36.3 Å². The van der Waals surface area contributed by atoms with E-state index in [1.807, 2.05) is 77.7 Å². The van der Waals surface area contributed by atoms with Crippen molar-refractivity contribution in [3.8, 4) is 11.5 Å². The molecule has 1 aliphatic carbocycles. The van der Waals surface area contributed by atoms with Gasteiger partial charge in [0.15, 0.2) is 6.35 Å². The number of rotatable bonds is 13. The van der Waals surface area contributed by atoms with Crippen LogP contribution in [0, 0.1) is 5.41 Å². The smallest absolute Gasteiger partial charge is 0.413 e. The molecule has 0 bridgehead atoms. The first-order valence-corrected chi connectivity index (χ1v) is 19.6. The number of ether oxygens (including phenoxy) is 1. The molecule has 2 amide bonds. The zero-order valence-electron chi connectivity index (χ0n) is 29.7. The summed E-state index contributed by atoms with van der Waals surface area (Å²) in [6.07, 6.45) is -0.00309. The fourth-order valence-electron chi connectivity index (χ4n) is 7.65. The van der Waals surface area contributed by atoms with E-state index < -0.39 is 25.6 Å². The molecule has 1 saturated heterocycles. The maximum absolute atomic E-state index is 15.3. The molecule has 7 N–H and O–H groups in total. The molecular weight excluding hydrogens is 701 g/mol. The lowest BCUT2D eigenvalue weighted by Gasteiger charge is -2.37. The zero-order valence-corrected chi connectivity index (χ0v) is 30.6.